The molecule has 27 heavy (non-hydrogen) atoms. The minimum absolute atomic E-state index is 0.0224. The summed E-state index contributed by atoms with van der Waals surface area (Å²) < 4.78 is 7.68. The molecular formula is C21H23ClN2O3. The summed E-state index contributed by atoms with van der Waals surface area (Å²) in [6, 6.07) is 11.4. The van der Waals surface area contributed by atoms with Crippen molar-refractivity contribution in [3.8, 4) is 11.6 Å². The maximum atomic E-state index is 11.1. The molecule has 1 heterocycles. The molecule has 3 aromatic rings. The van der Waals surface area contributed by atoms with E-state index in [1.54, 1.807) is 22.8 Å². The third kappa shape index (κ3) is 3.93. The largest absolute Gasteiger partial charge is 0.493 e. The smallest absolute Gasteiger partial charge is 0.222 e. The molecule has 0 radical (unpaired) electrons. The number of nitrogens with zero attached hydrogens (tertiary/aromatic N) is 2. The summed E-state index contributed by atoms with van der Waals surface area (Å²) in [4.78, 5) is 11.1. The number of rotatable bonds is 7. The molecule has 1 aromatic heterocycles. The van der Waals surface area contributed by atoms with Crippen LogP contribution in [0, 0.1) is 11.8 Å². The fourth-order valence-electron chi connectivity index (χ4n) is 3.26. The van der Waals surface area contributed by atoms with Crippen LogP contribution >= 0.6 is 11.6 Å². The zero-order valence-corrected chi connectivity index (χ0v) is 16.5. The number of hydrogen-bond donors (Lipinski definition) is 1. The first-order valence-electron chi connectivity index (χ1n) is 8.99. The van der Waals surface area contributed by atoms with E-state index in [1.165, 1.54) is 5.56 Å². The Morgan fingerprint density at radius 3 is 2.70 bits per heavy atom. The molecule has 0 spiro atoms. The topological polar surface area (TPSA) is 63.8 Å². The van der Waals surface area contributed by atoms with E-state index in [2.05, 4.69) is 31.2 Å². The van der Waals surface area contributed by atoms with Crippen molar-refractivity contribution in [2.24, 2.45) is 5.18 Å². The molecule has 0 aliphatic rings. The van der Waals surface area contributed by atoms with E-state index in [9.17, 15) is 10.0 Å². The zero-order valence-electron chi connectivity index (χ0n) is 15.7. The van der Waals surface area contributed by atoms with Crippen LogP contribution in [-0.2, 0) is 6.54 Å². The molecule has 5 nitrogen and oxygen atoms in total. The van der Waals surface area contributed by atoms with Crippen LogP contribution in [0.15, 0.2) is 41.6 Å². The maximum absolute atomic E-state index is 11.1. The van der Waals surface area contributed by atoms with Crippen molar-refractivity contribution in [1.82, 2.24) is 4.57 Å². The van der Waals surface area contributed by atoms with Gasteiger partial charge >= 0.3 is 0 Å². The first-order chi connectivity index (χ1) is 12.9. The predicted octanol–water partition coefficient (Wildman–Crippen LogP) is 6.30. The molecule has 0 aliphatic carbocycles. The Kier molecular flexibility index (Phi) is 5.71. The number of benzene rings is 2. The number of aryl methyl sites for hydroxylation is 2. The molecule has 0 unspecified atom stereocenters. The molecule has 2 aromatic carbocycles. The SMILES string of the molecule is Cc1ccc(C(C)C)c(OCCCn2c(O)c(N=O)c3cc(Cl)ccc32)c1. The minimum Gasteiger partial charge on any atom is -0.493 e. The maximum Gasteiger partial charge on any atom is 0.222 e. The summed E-state index contributed by atoms with van der Waals surface area (Å²) in [7, 11) is 0. The summed E-state index contributed by atoms with van der Waals surface area (Å²) >= 11 is 6.00. The van der Waals surface area contributed by atoms with Crippen molar-refractivity contribution in [2.75, 3.05) is 6.61 Å². The second-order valence-corrected chi connectivity index (χ2v) is 7.41. The highest BCUT2D eigenvalue weighted by Crippen LogP contribution is 2.39. The summed E-state index contributed by atoms with van der Waals surface area (Å²) in [6.07, 6.45) is 0.670. The normalized spacial score (nSPS) is 11.3. The summed E-state index contributed by atoms with van der Waals surface area (Å²) in [5, 5.41) is 14.4. The van der Waals surface area contributed by atoms with Gasteiger partial charge in [-0.1, -0.05) is 37.6 Å². The quantitative estimate of drug-likeness (QED) is 0.382. The molecule has 0 fully saturated rings. The van der Waals surface area contributed by atoms with Crippen LogP contribution in [0.5, 0.6) is 11.6 Å². The van der Waals surface area contributed by atoms with Gasteiger partial charge in [-0.25, -0.2) is 0 Å². The van der Waals surface area contributed by atoms with E-state index in [-0.39, 0.29) is 11.6 Å². The van der Waals surface area contributed by atoms with E-state index in [4.69, 9.17) is 16.3 Å². The third-order valence-corrected chi connectivity index (χ3v) is 4.87. The van der Waals surface area contributed by atoms with Crippen LogP contribution in [0.3, 0.4) is 0 Å². The van der Waals surface area contributed by atoms with E-state index in [0.29, 0.717) is 35.9 Å². The Morgan fingerprint density at radius 2 is 2.00 bits per heavy atom. The van der Waals surface area contributed by atoms with Crippen molar-refractivity contribution in [3.63, 3.8) is 0 Å². The highest BCUT2D eigenvalue weighted by molar-refractivity contribution is 6.31. The van der Waals surface area contributed by atoms with E-state index in [1.807, 2.05) is 13.0 Å². The van der Waals surface area contributed by atoms with Gasteiger partial charge in [-0.2, -0.15) is 0 Å². The lowest BCUT2D eigenvalue weighted by atomic mass is 10.0. The van der Waals surface area contributed by atoms with Crippen LogP contribution < -0.4 is 4.74 Å². The van der Waals surface area contributed by atoms with Crippen LogP contribution in [0.2, 0.25) is 5.02 Å². The van der Waals surface area contributed by atoms with Crippen LogP contribution in [0.25, 0.3) is 10.9 Å². The van der Waals surface area contributed by atoms with Gasteiger partial charge < -0.3 is 14.4 Å². The Balaban J connectivity index is 1.75. The molecule has 0 amide bonds. The number of hydrogen-bond acceptors (Lipinski definition) is 4. The summed E-state index contributed by atoms with van der Waals surface area (Å²) in [5.41, 5.74) is 3.08. The molecular weight excluding hydrogens is 364 g/mol. The molecule has 1 N–H and O–H groups in total. The second kappa shape index (κ2) is 8.01. The molecule has 0 saturated heterocycles. The number of fused-ring (bicyclic) bond motifs is 1. The van der Waals surface area contributed by atoms with Gasteiger partial charge in [0, 0.05) is 17.0 Å². The van der Waals surface area contributed by atoms with Crippen molar-refractivity contribution >= 4 is 28.2 Å². The van der Waals surface area contributed by atoms with Crippen molar-refractivity contribution < 1.29 is 9.84 Å². The Morgan fingerprint density at radius 1 is 1.22 bits per heavy atom. The van der Waals surface area contributed by atoms with Gasteiger partial charge in [-0.15, -0.1) is 4.91 Å². The van der Waals surface area contributed by atoms with Gasteiger partial charge in [0.25, 0.3) is 0 Å². The van der Waals surface area contributed by atoms with Gasteiger partial charge in [0.15, 0.2) is 5.69 Å². The monoisotopic (exact) mass is 386 g/mol. The molecule has 142 valence electrons. The lowest BCUT2D eigenvalue weighted by Crippen LogP contribution is -2.06. The third-order valence-electron chi connectivity index (χ3n) is 4.64. The summed E-state index contributed by atoms with van der Waals surface area (Å²) in [6.45, 7) is 7.32. The molecule has 0 aliphatic heterocycles. The predicted molar refractivity (Wildman–Crippen MR) is 109 cm³/mol. The Hall–Kier alpha value is -2.53. The van der Waals surface area contributed by atoms with Crippen LogP contribution in [0.4, 0.5) is 5.69 Å². The van der Waals surface area contributed by atoms with Crippen LogP contribution in [0.1, 0.15) is 37.3 Å². The average Bonchev–Trinajstić information content (AvgIpc) is 2.88. The first-order valence-corrected chi connectivity index (χ1v) is 9.37. The van der Waals surface area contributed by atoms with Gasteiger partial charge in [-0.3, -0.25) is 0 Å². The van der Waals surface area contributed by atoms with Gasteiger partial charge in [0.2, 0.25) is 5.88 Å². The fourth-order valence-corrected chi connectivity index (χ4v) is 3.43. The lowest BCUT2D eigenvalue weighted by Gasteiger charge is -2.15. The number of aromatic nitrogens is 1. The van der Waals surface area contributed by atoms with Gasteiger partial charge in [0.1, 0.15) is 5.75 Å². The molecule has 6 heteroatoms. The molecule has 3 rings (SSSR count). The number of nitroso groups, excluding NO2 is 1. The average molecular weight is 387 g/mol. The van der Waals surface area contributed by atoms with Crippen molar-refractivity contribution in [3.05, 3.63) is 57.5 Å². The van der Waals surface area contributed by atoms with Crippen LogP contribution in [-0.4, -0.2) is 16.3 Å². The highest BCUT2D eigenvalue weighted by atomic mass is 35.5. The van der Waals surface area contributed by atoms with Crippen molar-refractivity contribution in [1.29, 1.82) is 0 Å². The number of halogens is 1. The minimum atomic E-state index is -0.138. The molecule has 0 bridgehead atoms. The zero-order chi connectivity index (χ0) is 19.6. The number of ether oxygens (including phenoxy) is 1. The highest BCUT2D eigenvalue weighted by Gasteiger charge is 2.17. The summed E-state index contributed by atoms with van der Waals surface area (Å²) in [5.74, 6) is 1.14. The Labute approximate surface area is 163 Å². The molecule has 0 atom stereocenters. The lowest BCUT2D eigenvalue weighted by molar-refractivity contribution is 0.294. The first kappa shape index (κ1) is 19.2. The van der Waals surface area contributed by atoms with Crippen molar-refractivity contribution in [2.45, 2.75) is 39.7 Å². The molecule has 0 saturated carbocycles. The standard InChI is InChI=1S/C21H23ClN2O3/c1-13(2)16-7-5-14(3)11-19(16)27-10-4-9-24-18-8-6-15(22)12-17(18)20(23-26)21(24)25/h5-8,11-13,25H,4,9-10H2,1-3H3. The van der Waals surface area contributed by atoms with Gasteiger partial charge in [0.05, 0.1) is 12.1 Å². The van der Waals surface area contributed by atoms with E-state index in [0.717, 1.165) is 16.8 Å². The van der Waals surface area contributed by atoms with E-state index < -0.39 is 0 Å². The second-order valence-electron chi connectivity index (χ2n) is 6.97. The Bertz CT molecular complexity index is 979. The number of aromatic hydroxyl groups is 1. The van der Waals surface area contributed by atoms with Gasteiger partial charge in [-0.05, 0) is 59.8 Å². The van der Waals surface area contributed by atoms with E-state index >= 15 is 0 Å². The fraction of sp³-hybridized carbons (Fsp3) is 0.333.